The Morgan fingerprint density at radius 2 is 2.19 bits per heavy atom. The van der Waals surface area contributed by atoms with Crippen molar-refractivity contribution in [3.8, 4) is 0 Å². The fourth-order valence-electron chi connectivity index (χ4n) is 1.74. The summed E-state index contributed by atoms with van der Waals surface area (Å²) in [7, 11) is 0. The van der Waals surface area contributed by atoms with E-state index in [-0.39, 0.29) is 6.09 Å². The zero-order chi connectivity index (χ0) is 11.8. The molecule has 2 aliphatic rings. The molecule has 2 saturated heterocycles. The maximum absolute atomic E-state index is 11.8. The molecule has 0 spiro atoms. The minimum Gasteiger partial charge on any atom is -0.444 e. The van der Waals surface area contributed by atoms with Crippen molar-refractivity contribution in [1.82, 2.24) is 9.21 Å². The monoisotopic (exact) mass is 246 g/mol. The minimum atomic E-state index is -0.421. The van der Waals surface area contributed by atoms with Gasteiger partial charge in [0.15, 0.2) is 0 Å². The molecule has 2 rings (SSSR count). The third-order valence-electron chi connectivity index (χ3n) is 2.49. The van der Waals surface area contributed by atoms with E-state index in [1.807, 2.05) is 20.8 Å². The SMILES string of the molecule is CC(C)(C)OC(=O)N1CCN2SOCC2C1. The summed E-state index contributed by atoms with van der Waals surface area (Å²) in [4.78, 5) is 13.6. The Morgan fingerprint density at radius 1 is 1.44 bits per heavy atom. The molecule has 0 radical (unpaired) electrons. The number of carbonyl (C=O) groups is 1. The molecule has 0 N–H and O–H groups in total. The molecular weight excluding hydrogens is 228 g/mol. The lowest BCUT2D eigenvalue weighted by atomic mass is 10.2. The average Bonchev–Trinajstić information content (AvgIpc) is 2.61. The van der Waals surface area contributed by atoms with Crippen molar-refractivity contribution < 1.29 is 13.7 Å². The lowest BCUT2D eigenvalue weighted by Gasteiger charge is -2.35. The van der Waals surface area contributed by atoms with E-state index in [1.165, 1.54) is 12.2 Å². The van der Waals surface area contributed by atoms with E-state index in [4.69, 9.17) is 8.92 Å². The van der Waals surface area contributed by atoms with Crippen LogP contribution in [0.4, 0.5) is 4.79 Å². The summed E-state index contributed by atoms with van der Waals surface area (Å²) in [5, 5.41) is 0. The molecule has 0 aliphatic carbocycles. The molecule has 2 heterocycles. The molecule has 1 atom stereocenters. The Hall–Kier alpha value is -0.460. The van der Waals surface area contributed by atoms with Crippen LogP contribution in [-0.4, -0.2) is 53.2 Å². The summed E-state index contributed by atoms with van der Waals surface area (Å²) in [6.45, 7) is 8.59. The van der Waals surface area contributed by atoms with Gasteiger partial charge in [-0.15, -0.1) is 0 Å². The van der Waals surface area contributed by atoms with Gasteiger partial charge < -0.3 is 9.64 Å². The first-order chi connectivity index (χ1) is 7.46. The van der Waals surface area contributed by atoms with Crippen LogP contribution in [0.2, 0.25) is 0 Å². The second-order valence-electron chi connectivity index (χ2n) is 5.08. The smallest absolute Gasteiger partial charge is 0.410 e. The van der Waals surface area contributed by atoms with Gasteiger partial charge in [0.05, 0.1) is 24.9 Å². The molecule has 0 aromatic heterocycles. The van der Waals surface area contributed by atoms with Crippen LogP contribution in [0.3, 0.4) is 0 Å². The van der Waals surface area contributed by atoms with E-state index in [0.29, 0.717) is 25.7 Å². The minimum absolute atomic E-state index is 0.218. The summed E-state index contributed by atoms with van der Waals surface area (Å²) in [5.74, 6) is 0. The van der Waals surface area contributed by atoms with Crippen LogP contribution in [-0.2, 0) is 8.92 Å². The second-order valence-corrected chi connectivity index (χ2v) is 5.93. The van der Waals surface area contributed by atoms with Crippen LogP contribution in [0.25, 0.3) is 0 Å². The number of carbonyl (C=O) groups excluding carboxylic acids is 1. The largest absolute Gasteiger partial charge is 0.444 e. The fourth-order valence-corrected chi connectivity index (χ4v) is 2.50. The van der Waals surface area contributed by atoms with Gasteiger partial charge in [0.25, 0.3) is 0 Å². The van der Waals surface area contributed by atoms with Gasteiger partial charge in [0.1, 0.15) is 5.60 Å². The summed E-state index contributed by atoms with van der Waals surface area (Å²) in [6.07, 6.45) is -0.218. The predicted octanol–water partition coefficient (Wildman–Crippen LogP) is 1.50. The van der Waals surface area contributed by atoms with Gasteiger partial charge in [0.2, 0.25) is 0 Å². The number of ether oxygens (including phenoxy) is 1. The lowest BCUT2D eigenvalue weighted by molar-refractivity contribution is 0.0145. The van der Waals surface area contributed by atoms with Crippen LogP contribution in [0.1, 0.15) is 20.8 Å². The first-order valence-corrected chi connectivity index (χ1v) is 6.20. The van der Waals surface area contributed by atoms with Crippen molar-refractivity contribution >= 4 is 18.3 Å². The molecule has 5 nitrogen and oxygen atoms in total. The quantitative estimate of drug-likeness (QED) is 0.478. The zero-order valence-electron chi connectivity index (χ0n) is 9.93. The van der Waals surface area contributed by atoms with Gasteiger partial charge in [0, 0.05) is 19.6 Å². The van der Waals surface area contributed by atoms with Gasteiger partial charge in [-0.1, -0.05) is 0 Å². The number of nitrogens with zero attached hydrogens (tertiary/aromatic N) is 2. The van der Waals surface area contributed by atoms with Crippen LogP contribution >= 0.6 is 12.2 Å². The first-order valence-electron chi connectivity index (χ1n) is 5.50. The van der Waals surface area contributed by atoms with E-state index < -0.39 is 5.60 Å². The van der Waals surface area contributed by atoms with Gasteiger partial charge in [-0.05, 0) is 20.8 Å². The molecule has 0 bridgehead atoms. The number of fused-ring (bicyclic) bond motifs is 1. The van der Waals surface area contributed by atoms with Crippen molar-refractivity contribution in [1.29, 1.82) is 0 Å². The predicted molar refractivity (Wildman–Crippen MR) is 61.8 cm³/mol. The molecule has 92 valence electrons. The Kier molecular flexibility index (Phi) is 3.32. The van der Waals surface area contributed by atoms with E-state index in [0.717, 1.165) is 6.54 Å². The van der Waals surface area contributed by atoms with Crippen LogP contribution < -0.4 is 0 Å². The van der Waals surface area contributed by atoms with Crippen LogP contribution in [0, 0.1) is 0 Å². The molecule has 0 saturated carbocycles. The third kappa shape index (κ3) is 2.81. The fraction of sp³-hybridized carbons (Fsp3) is 0.900. The van der Waals surface area contributed by atoms with Crippen molar-refractivity contribution in [3.63, 3.8) is 0 Å². The van der Waals surface area contributed by atoms with Crippen molar-refractivity contribution in [2.24, 2.45) is 0 Å². The normalized spacial score (nSPS) is 26.7. The molecule has 16 heavy (non-hydrogen) atoms. The van der Waals surface area contributed by atoms with Crippen molar-refractivity contribution in [2.75, 3.05) is 26.2 Å². The number of rotatable bonds is 0. The van der Waals surface area contributed by atoms with E-state index in [9.17, 15) is 4.79 Å². The second kappa shape index (κ2) is 4.43. The number of piperazine rings is 1. The van der Waals surface area contributed by atoms with E-state index in [1.54, 1.807) is 4.90 Å². The third-order valence-corrected chi connectivity index (χ3v) is 3.40. The molecule has 6 heteroatoms. The Bertz CT molecular complexity index is 280. The van der Waals surface area contributed by atoms with E-state index >= 15 is 0 Å². The number of hydrogen-bond donors (Lipinski definition) is 0. The summed E-state index contributed by atoms with van der Waals surface area (Å²) in [6, 6.07) is 0.311. The lowest BCUT2D eigenvalue weighted by Crippen LogP contribution is -2.52. The number of hydrogen-bond acceptors (Lipinski definition) is 5. The van der Waals surface area contributed by atoms with Crippen molar-refractivity contribution in [2.45, 2.75) is 32.4 Å². The molecule has 0 aromatic carbocycles. The maximum Gasteiger partial charge on any atom is 0.410 e. The maximum atomic E-state index is 11.8. The highest BCUT2D eigenvalue weighted by atomic mass is 32.2. The number of amides is 1. The summed E-state index contributed by atoms with van der Waals surface area (Å²) >= 11 is 1.41. The average molecular weight is 246 g/mol. The Labute approximate surface area is 100 Å². The molecule has 1 unspecified atom stereocenters. The van der Waals surface area contributed by atoms with Gasteiger partial charge in [-0.25, -0.2) is 9.10 Å². The Balaban J connectivity index is 1.89. The zero-order valence-corrected chi connectivity index (χ0v) is 10.7. The van der Waals surface area contributed by atoms with E-state index in [2.05, 4.69) is 4.31 Å². The van der Waals surface area contributed by atoms with Gasteiger partial charge in [-0.3, -0.25) is 4.18 Å². The summed E-state index contributed by atoms with van der Waals surface area (Å²) < 4.78 is 12.8. The molecule has 0 aromatic rings. The first kappa shape index (κ1) is 12.0. The summed E-state index contributed by atoms with van der Waals surface area (Å²) in [5.41, 5.74) is -0.421. The van der Waals surface area contributed by atoms with Gasteiger partial charge in [-0.2, -0.15) is 0 Å². The molecule has 2 fully saturated rings. The van der Waals surface area contributed by atoms with Crippen molar-refractivity contribution in [3.05, 3.63) is 0 Å². The Morgan fingerprint density at radius 3 is 2.88 bits per heavy atom. The highest BCUT2D eigenvalue weighted by Crippen LogP contribution is 2.28. The van der Waals surface area contributed by atoms with Crippen LogP contribution in [0.15, 0.2) is 0 Å². The highest BCUT2D eigenvalue weighted by molar-refractivity contribution is 7.92. The molecular formula is C10H18N2O3S. The molecule has 2 aliphatic heterocycles. The standard InChI is InChI=1S/C10H18N2O3S/c1-10(2,3)15-9(13)11-4-5-12-8(6-11)7-14-16-12/h8H,4-7H2,1-3H3. The highest BCUT2D eigenvalue weighted by Gasteiger charge is 2.36. The van der Waals surface area contributed by atoms with Gasteiger partial charge >= 0.3 is 6.09 Å². The van der Waals surface area contributed by atoms with Crippen LogP contribution in [0.5, 0.6) is 0 Å². The molecule has 1 amide bonds. The topological polar surface area (TPSA) is 42.0 Å².